The van der Waals surface area contributed by atoms with Gasteiger partial charge in [-0.25, -0.2) is 13.6 Å². The Kier molecular flexibility index (Phi) is 5.57. The SMILES string of the molecule is COC(=O)c1cc(OC)c(OC)cc1NCc1ccc(F)c(F)c1. The first-order chi connectivity index (χ1) is 11.5. The summed E-state index contributed by atoms with van der Waals surface area (Å²) < 4.78 is 41.4. The van der Waals surface area contributed by atoms with E-state index < -0.39 is 17.6 Å². The molecule has 5 nitrogen and oxygen atoms in total. The molecular formula is C17H17F2NO4. The van der Waals surface area contributed by atoms with Crippen molar-refractivity contribution >= 4 is 11.7 Å². The first-order valence-corrected chi connectivity index (χ1v) is 7.02. The molecule has 2 aromatic rings. The van der Waals surface area contributed by atoms with Crippen molar-refractivity contribution in [2.45, 2.75) is 6.54 Å². The number of hydrogen-bond donors (Lipinski definition) is 1. The first kappa shape index (κ1) is 17.5. The third kappa shape index (κ3) is 3.73. The number of hydrogen-bond acceptors (Lipinski definition) is 5. The lowest BCUT2D eigenvalue weighted by atomic mass is 10.1. The van der Waals surface area contributed by atoms with Crippen LogP contribution in [0.25, 0.3) is 0 Å². The van der Waals surface area contributed by atoms with Gasteiger partial charge in [-0.3, -0.25) is 0 Å². The van der Waals surface area contributed by atoms with E-state index in [0.29, 0.717) is 22.7 Å². The molecule has 0 aliphatic rings. The number of carbonyl (C=O) groups is 1. The third-order valence-corrected chi connectivity index (χ3v) is 3.40. The van der Waals surface area contributed by atoms with Crippen LogP contribution in [-0.4, -0.2) is 27.3 Å². The average molecular weight is 337 g/mol. The van der Waals surface area contributed by atoms with Crippen LogP contribution in [0.15, 0.2) is 30.3 Å². The predicted molar refractivity (Wildman–Crippen MR) is 84.6 cm³/mol. The van der Waals surface area contributed by atoms with Crippen molar-refractivity contribution in [2.75, 3.05) is 26.6 Å². The van der Waals surface area contributed by atoms with Crippen molar-refractivity contribution in [1.82, 2.24) is 0 Å². The fourth-order valence-electron chi connectivity index (χ4n) is 2.15. The molecule has 1 N–H and O–H groups in total. The first-order valence-electron chi connectivity index (χ1n) is 7.02. The van der Waals surface area contributed by atoms with Gasteiger partial charge in [-0.05, 0) is 17.7 Å². The van der Waals surface area contributed by atoms with Crippen molar-refractivity contribution < 1.29 is 27.8 Å². The van der Waals surface area contributed by atoms with E-state index in [0.717, 1.165) is 12.1 Å². The number of carbonyl (C=O) groups excluding carboxylic acids is 1. The highest BCUT2D eigenvalue weighted by Crippen LogP contribution is 2.34. The Hall–Kier alpha value is -2.83. The van der Waals surface area contributed by atoms with Gasteiger partial charge in [0.2, 0.25) is 0 Å². The van der Waals surface area contributed by atoms with Crippen LogP contribution in [0.4, 0.5) is 14.5 Å². The largest absolute Gasteiger partial charge is 0.493 e. The van der Waals surface area contributed by atoms with Crippen molar-refractivity contribution in [1.29, 1.82) is 0 Å². The second-order valence-corrected chi connectivity index (χ2v) is 4.85. The topological polar surface area (TPSA) is 56.8 Å². The highest BCUT2D eigenvalue weighted by Gasteiger charge is 2.17. The third-order valence-electron chi connectivity index (χ3n) is 3.40. The van der Waals surface area contributed by atoms with Crippen molar-refractivity contribution in [3.8, 4) is 11.5 Å². The van der Waals surface area contributed by atoms with E-state index in [9.17, 15) is 13.6 Å². The van der Waals surface area contributed by atoms with Crippen LogP contribution in [-0.2, 0) is 11.3 Å². The zero-order chi connectivity index (χ0) is 17.7. The molecule has 0 saturated carbocycles. The summed E-state index contributed by atoms with van der Waals surface area (Å²) in [7, 11) is 4.18. The van der Waals surface area contributed by atoms with Gasteiger partial charge in [-0.2, -0.15) is 0 Å². The molecule has 0 radical (unpaired) electrons. The molecule has 0 aliphatic carbocycles. The highest BCUT2D eigenvalue weighted by atomic mass is 19.2. The van der Waals surface area contributed by atoms with Gasteiger partial charge in [0.05, 0.1) is 32.6 Å². The highest BCUT2D eigenvalue weighted by molar-refractivity contribution is 5.96. The van der Waals surface area contributed by atoms with Gasteiger partial charge in [0.25, 0.3) is 0 Å². The van der Waals surface area contributed by atoms with E-state index in [1.165, 1.54) is 33.5 Å². The summed E-state index contributed by atoms with van der Waals surface area (Å²) in [6.45, 7) is 0.177. The quantitative estimate of drug-likeness (QED) is 0.819. The molecule has 0 amide bonds. The number of rotatable bonds is 6. The maximum absolute atomic E-state index is 13.3. The van der Waals surface area contributed by atoms with Crippen LogP contribution in [0.3, 0.4) is 0 Å². The summed E-state index contributed by atoms with van der Waals surface area (Å²) in [6, 6.07) is 6.64. The van der Waals surface area contributed by atoms with Gasteiger partial charge < -0.3 is 19.5 Å². The molecule has 0 fully saturated rings. The lowest BCUT2D eigenvalue weighted by Crippen LogP contribution is -2.09. The zero-order valence-corrected chi connectivity index (χ0v) is 13.5. The molecule has 0 aromatic heterocycles. The molecule has 2 rings (SSSR count). The fraction of sp³-hybridized carbons (Fsp3) is 0.235. The molecule has 7 heteroatoms. The van der Waals surface area contributed by atoms with Crippen molar-refractivity contribution in [3.63, 3.8) is 0 Å². The standard InChI is InChI=1S/C17H17F2NO4/c1-22-15-7-11(17(21)24-3)14(8-16(15)23-2)20-9-10-4-5-12(18)13(19)6-10/h4-8,20H,9H2,1-3H3. The van der Waals surface area contributed by atoms with E-state index in [-0.39, 0.29) is 12.1 Å². The Labute approximate surface area is 138 Å². The van der Waals surface area contributed by atoms with Crippen molar-refractivity contribution in [3.05, 3.63) is 53.1 Å². The molecule has 0 spiro atoms. The average Bonchev–Trinajstić information content (AvgIpc) is 2.61. The van der Waals surface area contributed by atoms with Gasteiger partial charge in [0.15, 0.2) is 23.1 Å². The van der Waals surface area contributed by atoms with Crippen LogP contribution in [0.5, 0.6) is 11.5 Å². The molecule has 2 aromatic carbocycles. The van der Waals surface area contributed by atoms with Crippen LogP contribution < -0.4 is 14.8 Å². The second-order valence-electron chi connectivity index (χ2n) is 4.85. The molecule has 0 unspecified atom stereocenters. The monoisotopic (exact) mass is 337 g/mol. The van der Waals surface area contributed by atoms with E-state index >= 15 is 0 Å². The van der Waals surface area contributed by atoms with E-state index in [2.05, 4.69) is 5.32 Å². The summed E-state index contributed by atoms with van der Waals surface area (Å²) in [5, 5.41) is 2.99. The number of esters is 1. The van der Waals surface area contributed by atoms with Gasteiger partial charge in [-0.1, -0.05) is 6.07 Å². The minimum absolute atomic E-state index is 0.177. The fourth-order valence-corrected chi connectivity index (χ4v) is 2.15. The Bertz CT molecular complexity index is 750. The Morgan fingerprint density at radius 3 is 2.25 bits per heavy atom. The smallest absolute Gasteiger partial charge is 0.340 e. The molecule has 0 bridgehead atoms. The Morgan fingerprint density at radius 2 is 1.67 bits per heavy atom. The normalized spacial score (nSPS) is 10.2. The Morgan fingerprint density at radius 1 is 1.00 bits per heavy atom. The summed E-state index contributed by atoms with van der Waals surface area (Å²) >= 11 is 0. The van der Waals surface area contributed by atoms with Crippen molar-refractivity contribution in [2.24, 2.45) is 0 Å². The maximum atomic E-state index is 13.3. The van der Waals surface area contributed by atoms with Crippen LogP contribution in [0, 0.1) is 11.6 Å². The number of nitrogens with one attached hydrogen (secondary N) is 1. The molecule has 128 valence electrons. The van der Waals surface area contributed by atoms with Crippen LogP contribution >= 0.6 is 0 Å². The lowest BCUT2D eigenvalue weighted by molar-refractivity contribution is 0.0601. The van der Waals surface area contributed by atoms with E-state index in [4.69, 9.17) is 14.2 Å². The lowest BCUT2D eigenvalue weighted by Gasteiger charge is -2.15. The number of anilines is 1. The number of methoxy groups -OCH3 is 3. The number of ether oxygens (including phenoxy) is 3. The van der Waals surface area contributed by atoms with Gasteiger partial charge in [0, 0.05) is 18.7 Å². The molecule has 24 heavy (non-hydrogen) atoms. The summed E-state index contributed by atoms with van der Waals surface area (Å²) in [6.07, 6.45) is 0. The second kappa shape index (κ2) is 7.63. The summed E-state index contributed by atoms with van der Waals surface area (Å²) in [4.78, 5) is 11.9. The minimum atomic E-state index is -0.935. The van der Waals surface area contributed by atoms with Gasteiger partial charge >= 0.3 is 5.97 Å². The minimum Gasteiger partial charge on any atom is -0.493 e. The van der Waals surface area contributed by atoms with Crippen LogP contribution in [0.1, 0.15) is 15.9 Å². The summed E-state index contributed by atoms with van der Waals surface area (Å²) in [5.74, 6) is -1.63. The van der Waals surface area contributed by atoms with Gasteiger partial charge in [-0.15, -0.1) is 0 Å². The molecular weight excluding hydrogens is 320 g/mol. The number of benzene rings is 2. The van der Waals surface area contributed by atoms with E-state index in [1.54, 1.807) is 6.07 Å². The molecule has 0 atom stereocenters. The number of halogens is 2. The molecule has 0 saturated heterocycles. The predicted octanol–water partition coefficient (Wildman–Crippen LogP) is 3.38. The Balaban J connectivity index is 2.32. The molecule has 0 heterocycles. The van der Waals surface area contributed by atoms with E-state index in [1.807, 2.05) is 0 Å². The maximum Gasteiger partial charge on any atom is 0.340 e. The summed E-state index contributed by atoms with van der Waals surface area (Å²) in [5.41, 5.74) is 1.17. The zero-order valence-electron chi connectivity index (χ0n) is 13.5. The van der Waals surface area contributed by atoms with Crippen LogP contribution in [0.2, 0.25) is 0 Å². The molecule has 0 aliphatic heterocycles. The van der Waals surface area contributed by atoms with Gasteiger partial charge in [0.1, 0.15) is 0 Å².